The smallest absolute Gasteiger partial charge is 0.407 e. The van der Waals surface area contributed by atoms with Crippen molar-refractivity contribution in [2.24, 2.45) is 0 Å². The van der Waals surface area contributed by atoms with E-state index in [4.69, 9.17) is 4.74 Å². The number of ether oxygens (including phenoxy) is 1. The van der Waals surface area contributed by atoms with Crippen molar-refractivity contribution in [1.29, 1.82) is 0 Å². The second-order valence-electron chi connectivity index (χ2n) is 4.54. The average Bonchev–Trinajstić information content (AvgIpc) is 2.16. The zero-order valence-electron chi connectivity index (χ0n) is 9.99. The number of hydrogen-bond acceptors (Lipinski definition) is 2. The highest BCUT2D eigenvalue weighted by molar-refractivity contribution is 5.68. The van der Waals surface area contributed by atoms with Crippen LogP contribution in [0.5, 0.6) is 0 Å². The van der Waals surface area contributed by atoms with Gasteiger partial charge in [-0.2, -0.15) is 0 Å². The van der Waals surface area contributed by atoms with E-state index in [0.717, 1.165) is 5.56 Å². The molecule has 87 valence electrons. The zero-order chi connectivity index (χ0) is 12.0. The number of benzene rings is 1. The number of nitrogens with one attached hydrogen (secondary N) is 1. The summed E-state index contributed by atoms with van der Waals surface area (Å²) in [5.41, 5.74) is 0.698. The Morgan fingerprint density at radius 2 is 1.94 bits per heavy atom. The second-order valence-corrected chi connectivity index (χ2v) is 4.54. The maximum absolute atomic E-state index is 11.3. The topological polar surface area (TPSA) is 38.3 Å². The standard InChI is InChI=1S/C13H18NO2/c1-13(2,3)16-12(15)14-10-9-11-7-5-4-6-8-11/h4-8,10H,9H2,1-3H3,(H,14,15). The third kappa shape index (κ3) is 5.39. The van der Waals surface area contributed by atoms with Crippen LogP contribution >= 0.6 is 0 Å². The number of carbonyl (C=O) groups excluding carboxylic acids is 1. The van der Waals surface area contributed by atoms with Crippen molar-refractivity contribution in [2.75, 3.05) is 0 Å². The Balaban J connectivity index is 2.24. The maximum Gasteiger partial charge on any atom is 0.407 e. The molecule has 1 rings (SSSR count). The molecule has 0 spiro atoms. The summed E-state index contributed by atoms with van der Waals surface area (Å²) in [5.74, 6) is 0. The number of hydrogen-bond donors (Lipinski definition) is 1. The normalized spacial score (nSPS) is 10.9. The summed E-state index contributed by atoms with van der Waals surface area (Å²) in [6, 6.07) is 9.92. The van der Waals surface area contributed by atoms with Crippen LogP contribution < -0.4 is 5.32 Å². The number of carbonyl (C=O) groups is 1. The van der Waals surface area contributed by atoms with Gasteiger partial charge in [0.2, 0.25) is 0 Å². The lowest BCUT2D eigenvalue weighted by Crippen LogP contribution is -2.31. The second kappa shape index (κ2) is 5.54. The van der Waals surface area contributed by atoms with Crippen molar-refractivity contribution in [3.05, 3.63) is 42.4 Å². The molecule has 0 unspecified atom stereocenters. The molecule has 1 radical (unpaired) electrons. The van der Waals surface area contributed by atoms with Gasteiger partial charge in [-0.25, -0.2) is 4.79 Å². The molecule has 1 aromatic carbocycles. The van der Waals surface area contributed by atoms with Crippen molar-refractivity contribution in [3.63, 3.8) is 0 Å². The van der Waals surface area contributed by atoms with E-state index in [9.17, 15) is 4.79 Å². The lowest BCUT2D eigenvalue weighted by Gasteiger charge is -2.19. The van der Waals surface area contributed by atoms with Crippen molar-refractivity contribution in [2.45, 2.75) is 32.8 Å². The number of alkyl carbamates (subject to hydrolysis) is 1. The van der Waals surface area contributed by atoms with Crippen molar-refractivity contribution >= 4 is 6.09 Å². The first-order valence-electron chi connectivity index (χ1n) is 5.32. The largest absolute Gasteiger partial charge is 0.444 e. The van der Waals surface area contributed by atoms with Gasteiger partial charge in [0.05, 0.1) is 6.54 Å². The molecule has 1 N–H and O–H groups in total. The van der Waals surface area contributed by atoms with Crippen LogP contribution in [0.4, 0.5) is 4.79 Å². The summed E-state index contributed by atoms with van der Waals surface area (Å²) < 4.78 is 5.09. The molecule has 1 amide bonds. The van der Waals surface area contributed by atoms with Gasteiger partial charge in [0.25, 0.3) is 0 Å². The van der Waals surface area contributed by atoms with Crippen LogP contribution in [-0.2, 0) is 11.2 Å². The van der Waals surface area contributed by atoms with Gasteiger partial charge in [0.15, 0.2) is 0 Å². The summed E-state index contributed by atoms with van der Waals surface area (Å²) >= 11 is 0. The Bertz CT molecular complexity index is 328. The SMILES string of the molecule is CC(C)(C)OC(=O)N[CH]Cc1ccccc1. The van der Waals surface area contributed by atoms with E-state index >= 15 is 0 Å². The fourth-order valence-corrected chi connectivity index (χ4v) is 1.17. The highest BCUT2D eigenvalue weighted by Gasteiger charge is 2.15. The number of rotatable bonds is 3. The molecule has 16 heavy (non-hydrogen) atoms. The van der Waals surface area contributed by atoms with Crippen LogP contribution in [0.3, 0.4) is 0 Å². The summed E-state index contributed by atoms with van der Waals surface area (Å²) in [7, 11) is 0. The van der Waals surface area contributed by atoms with Crippen molar-refractivity contribution < 1.29 is 9.53 Å². The molecule has 0 saturated carbocycles. The summed E-state index contributed by atoms with van der Waals surface area (Å²) in [6.07, 6.45) is 0.281. The summed E-state index contributed by atoms with van der Waals surface area (Å²) in [4.78, 5) is 11.3. The molecular weight excluding hydrogens is 202 g/mol. The molecule has 3 heteroatoms. The van der Waals surface area contributed by atoms with E-state index in [-0.39, 0.29) is 0 Å². The molecule has 0 aromatic heterocycles. The van der Waals surface area contributed by atoms with E-state index in [1.807, 2.05) is 51.1 Å². The Labute approximate surface area is 96.8 Å². The van der Waals surface area contributed by atoms with Crippen LogP contribution in [0.2, 0.25) is 0 Å². The minimum atomic E-state index is -0.454. The van der Waals surface area contributed by atoms with Crippen LogP contribution in [0.25, 0.3) is 0 Å². The van der Waals surface area contributed by atoms with Gasteiger partial charge < -0.3 is 10.1 Å². The molecule has 0 aliphatic heterocycles. The van der Waals surface area contributed by atoms with Crippen molar-refractivity contribution in [3.8, 4) is 0 Å². The first-order valence-corrected chi connectivity index (χ1v) is 5.32. The molecule has 3 nitrogen and oxygen atoms in total. The fourth-order valence-electron chi connectivity index (χ4n) is 1.17. The van der Waals surface area contributed by atoms with Crippen molar-refractivity contribution in [1.82, 2.24) is 5.32 Å². The molecule has 1 aromatic rings. The van der Waals surface area contributed by atoms with Gasteiger partial charge in [-0.1, -0.05) is 30.3 Å². The van der Waals surface area contributed by atoms with Gasteiger partial charge in [0.1, 0.15) is 5.60 Å². The highest BCUT2D eigenvalue weighted by Crippen LogP contribution is 2.07. The quantitative estimate of drug-likeness (QED) is 0.850. The molecule has 0 fully saturated rings. The maximum atomic E-state index is 11.3. The van der Waals surface area contributed by atoms with Gasteiger partial charge in [-0.15, -0.1) is 0 Å². The monoisotopic (exact) mass is 220 g/mol. The van der Waals surface area contributed by atoms with E-state index in [0.29, 0.717) is 6.42 Å². The van der Waals surface area contributed by atoms with Crippen LogP contribution in [0, 0.1) is 6.54 Å². The Hall–Kier alpha value is -1.51. The zero-order valence-corrected chi connectivity index (χ0v) is 9.99. The van der Waals surface area contributed by atoms with Gasteiger partial charge in [-0.3, -0.25) is 0 Å². The molecule has 0 saturated heterocycles. The van der Waals surface area contributed by atoms with Crippen LogP contribution in [-0.4, -0.2) is 11.7 Å². The molecule has 0 bridgehead atoms. The molecule has 0 heterocycles. The first-order chi connectivity index (χ1) is 7.47. The van der Waals surface area contributed by atoms with Crippen LogP contribution in [0.15, 0.2) is 30.3 Å². The third-order valence-corrected chi connectivity index (χ3v) is 1.80. The lowest BCUT2D eigenvalue weighted by molar-refractivity contribution is 0.0542. The highest BCUT2D eigenvalue weighted by atomic mass is 16.6. The molecule has 0 aliphatic rings. The van der Waals surface area contributed by atoms with Gasteiger partial charge >= 0.3 is 6.09 Å². The molecule has 0 atom stereocenters. The minimum absolute atomic E-state index is 0.413. The summed E-state index contributed by atoms with van der Waals surface area (Å²) in [5, 5.41) is 2.60. The average molecular weight is 220 g/mol. The fraction of sp³-hybridized carbons (Fsp3) is 0.385. The van der Waals surface area contributed by atoms with Gasteiger partial charge in [-0.05, 0) is 32.8 Å². The van der Waals surface area contributed by atoms with E-state index in [1.165, 1.54) is 0 Å². The minimum Gasteiger partial charge on any atom is -0.444 e. The van der Waals surface area contributed by atoms with Gasteiger partial charge in [0, 0.05) is 0 Å². The number of amides is 1. The van der Waals surface area contributed by atoms with Crippen LogP contribution in [0.1, 0.15) is 26.3 Å². The Kier molecular flexibility index (Phi) is 4.35. The Morgan fingerprint density at radius 3 is 2.50 bits per heavy atom. The van der Waals surface area contributed by atoms with E-state index < -0.39 is 11.7 Å². The summed E-state index contributed by atoms with van der Waals surface area (Å²) in [6.45, 7) is 7.21. The Morgan fingerprint density at radius 1 is 1.31 bits per heavy atom. The first kappa shape index (κ1) is 12.6. The van der Waals surface area contributed by atoms with E-state index in [1.54, 1.807) is 6.54 Å². The molecular formula is C13H18NO2. The lowest BCUT2D eigenvalue weighted by atomic mass is 10.1. The van der Waals surface area contributed by atoms with E-state index in [2.05, 4.69) is 5.32 Å². The third-order valence-electron chi connectivity index (χ3n) is 1.80. The predicted molar refractivity (Wildman–Crippen MR) is 63.8 cm³/mol. The predicted octanol–water partition coefficient (Wildman–Crippen LogP) is 2.92. The molecule has 0 aliphatic carbocycles.